The van der Waals surface area contributed by atoms with Crippen LogP contribution in [0, 0.1) is 13.8 Å². The van der Waals surface area contributed by atoms with E-state index in [0.29, 0.717) is 24.6 Å². The lowest BCUT2D eigenvalue weighted by Gasteiger charge is -2.40. The Kier molecular flexibility index (Phi) is 7.30. The number of methoxy groups -OCH3 is 1. The first-order chi connectivity index (χ1) is 16.1. The van der Waals surface area contributed by atoms with E-state index in [0.717, 1.165) is 13.1 Å². The van der Waals surface area contributed by atoms with Gasteiger partial charge >= 0.3 is 0 Å². The standard InChI is InChI=1S/C28H32N2O3/c1-21-13-14-22(2)24(19-21)28(23-9-5-4-6-10-23)30-17-15-29(16-18-30)27(31)20-33-26-12-8-7-11-25(26)32-3/h4-14,19,28H,15-18,20H2,1-3H3/t28-/m1/s1. The predicted molar refractivity (Wildman–Crippen MR) is 131 cm³/mol. The van der Waals surface area contributed by atoms with Gasteiger partial charge in [0.05, 0.1) is 13.2 Å². The second-order valence-electron chi connectivity index (χ2n) is 8.53. The first-order valence-electron chi connectivity index (χ1n) is 11.5. The van der Waals surface area contributed by atoms with Gasteiger partial charge in [0.25, 0.3) is 5.91 Å². The van der Waals surface area contributed by atoms with E-state index >= 15 is 0 Å². The summed E-state index contributed by atoms with van der Waals surface area (Å²) < 4.78 is 11.1. The van der Waals surface area contributed by atoms with Gasteiger partial charge in [-0.1, -0.05) is 66.2 Å². The maximum Gasteiger partial charge on any atom is 0.260 e. The molecule has 0 bridgehead atoms. The van der Waals surface area contributed by atoms with Crippen LogP contribution in [0.25, 0.3) is 0 Å². The molecule has 0 N–H and O–H groups in total. The molecule has 33 heavy (non-hydrogen) atoms. The number of ether oxygens (including phenoxy) is 2. The average Bonchev–Trinajstić information content (AvgIpc) is 2.86. The molecule has 4 rings (SSSR count). The molecule has 172 valence electrons. The predicted octanol–water partition coefficient (Wildman–Crippen LogP) is 4.62. The molecule has 1 saturated heterocycles. The number of carbonyl (C=O) groups excluding carboxylic acids is 1. The van der Waals surface area contributed by atoms with Crippen LogP contribution in [0.15, 0.2) is 72.8 Å². The van der Waals surface area contributed by atoms with Crippen molar-refractivity contribution >= 4 is 5.91 Å². The Morgan fingerprint density at radius 2 is 1.55 bits per heavy atom. The van der Waals surface area contributed by atoms with E-state index in [1.807, 2.05) is 29.2 Å². The number of amides is 1. The third kappa shape index (κ3) is 5.37. The van der Waals surface area contributed by atoms with E-state index in [4.69, 9.17) is 9.47 Å². The lowest BCUT2D eigenvalue weighted by molar-refractivity contribution is -0.135. The highest BCUT2D eigenvalue weighted by molar-refractivity contribution is 5.78. The third-order valence-corrected chi connectivity index (χ3v) is 6.30. The van der Waals surface area contributed by atoms with Gasteiger partial charge < -0.3 is 14.4 Å². The molecule has 1 aliphatic heterocycles. The van der Waals surface area contributed by atoms with Gasteiger partial charge in [-0.05, 0) is 42.7 Å². The second kappa shape index (κ2) is 10.5. The summed E-state index contributed by atoms with van der Waals surface area (Å²) in [5, 5.41) is 0. The van der Waals surface area contributed by atoms with Crippen LogP contribution in [0.1, 0.15) is 28.3 Å². The summed E-state index contributed by atoms with van der Waals surface area (Å²) in [5.41, 5.74) is 5.17. The number of para-hydroxylation sites is 2. The Balaban J connectivity index is 1.44. The molecule has 0 aliphatic carbocycles. The van der Waals surface area contributed by atoms with Gasteiger partial charge in [0.1, 0.15) is 0 Å². The molecule has 1 aliphatic rings. The minimum atomic E-state index is 0.00329. The summed E-state index contributed by atoms with van der Waals surface area (Å²) in [6.07, 6.45) is 0. The number of aryl methyl sites for hydroxylation is 2. The van der Waals surface area contributed by atoms with Crippen LogP contribution in [-0.4, -0.2) is 55.6 Å². The topological polar surface area (TPSA) is 42.0 Å². The molecule has 5 heteroatoms. The molecule has 3 aromatic carbocycles. The number of hydrogen-bond donors (Lipinski definition) is 0. The van der Waals surface area contributed by atoms with E-state index in [-0.39, 0.29) is 18.6 Å². The summed E-state index contributed by atoms with van der Waals surface area (Å²) in [5.74, 6) is 1.23. The molecule has 1 fully saturated rings. The van der Waals surface area contributed by atoms with Crippen molar-refractivity contribution in [1.82, 2.24) is 9.80 Å². The summed E-state index contributed by atoms with van der Waals surface area (Å²) in [4.78, 5) is 17.2. The molecule has 5 nitrogen and oxygen atoms in total. The average molecular weight is 445 g/mol. The Morgan fingerprint density at radius 3 is 2.24 bits per heavy atom. The smallest absolute Gasteiger partial charge is 0.260 e. The Hall–Kier alpha value is -3.31. The molecule has 0 unspecified atom stereocenters. The molecule has 1 heterocycles. The highest BCUT2D eigenvalue weighted by Gasteiger charge is 2.29. The van der Waals surface area contributed by atoms with Gasteiger partial charge in [0, 0.05) is 26.2 Å². The molecule has 0 aromatic heterocycles. The van der Waals surface area contributed by atoms with Crippen LogP contribution in [0.3, 0.4) is 0 Å². The van der Waals surface area contributed by atoms with Gasteiger partial charge in [-0.15, -0.1) is 0 Å². The van der Waals surface area contributed by atoms with E-state index in [1.165, 1.54) is 22.3 Å². The van der Waals surface area contributed by atoms with Crippen molar-refractivity contribution in [1.29, 1.82) is 0 Å². The zero-order valence-electron chi connectivity index (χ0n) is 19.7. The van der Waals surface area contributed by atoms with E-state index in [9.17, 15) is 4.79 Å². The maximum absolute atomic E-state index is 12.8. The van der Waals surface area contributed by atoms with Gasteiger partial charge in [-0.3, -0.25) is 9.69 Å². The molecular weight excluding hydrogens is 412 g/mol. The summed E-state index contributed by atoms with van der Waals surface area (Å²) >= 11 is 0. The fourth-order valence-corrected chi connectivity index (χ4v) is 4.48. The van der Waals surface area contributed by atoms with E-state index in [2.05, 4.69) is 67.3 Å². The minimum Gasteiger partial charge on any atom is -0.493 e. The van der Waals surface area contributed by atoms with Crippen LogP contribution >= 0.6 is 0 Å². The van der Waals surface area contributed by atoms with Crippen molar-refractivity contribution in [3.05, 3.63) is 95.1 Å². The molecule has 0 spiro atoms. The highest BCUT2D eigenvalue weighted by atomic mass is 16.5. The minimum absolute atomic E-state index is 0.00329. The number of piperazine rings is 1. The van der Waals surface area contributed by atoms with Gasteiger partial charge in [0.2, 0.25) is 0 Å². The fourth-order valence-electron chi connectivity index (χ4n) is 4.48. The molecule has 0 saturated carbocycles. The van der Waals surface area contributed by atoms with Crippen molar-refractivity contribution in [2.75, 3.05) is 39.9 Å². The lowest BCUT2D eigenvalue weighted by Crippen LogP contribution is -2.51. The monoisotopic (exact) mass is 444 g/mol. The number of nitrogens with zero attached hydrogens (tertiary/aromatic N) is 2. The van der Waals surface area contributed by atoms with Gasteiger partial charge in [-0.25, -0.2) is 0 Å². The van der Waals surface area contributed by atoms with Crippen LogP contribution in [0.5, 0.6) is 11.5 Å². The lowest BCUT2D eigenvalue weighted by atomic mass is 9.92. The van der Waals surface area contributed by atoms with E-state index in [1.54, 1.807) is 7.11 Å². The molecule has 0 radical (unpaired) electrons. The number of hydrogen-bond acceptors (Lipinski definition) is 4. The Bertz CT molecular complexity index is 1080. The molecule has 1 amide bonds. The van der Waals surface area contributed by atoms with Crippen molar-refractivity contribution in [3.8, 4) is 11.5 Å². The third-order valence-electron chi connectivity index (χ3n) is 6.30. The van der Waals surface area contributed by atoms with Crippen molar-refractivity contribution in [2.24, 2.45) is 0 Å². The largest absolute Gasteiger partial charge is 0.493 e. The van der Waals surface area contributed by atoms with Crippen molar-refractivity contribution in [2.45, 2.75) is 19.9 Å². The quantitative estimate of drug-likeness (QED) is 0.533. The first kappa shape index (κ1) is 22.9. The van der Waals surface area contributed by atoms with Crippen LogP contribution in [0.2, 0.25) is 0 Å². The molecule has 3 aromatic rings. The second-order valence-corrected chi connectivity index (χ2v) is 8.53. The highest BCUT2D eigenvalue weighted by Crippen LogP contribution is 2.32. The van der Waals surface area contributed by atoms with Crippen molar-refractivity contribution < 1.29 is 14.3 Å². The van der Waals surface area contributed by atoms with Crippen molar-refractivity contribution in [3.63, 3.8) is 0 Å². The molecule has 1 atom stereocenters. The van der Waals surface area contributed by atoms with Crippen LogP contribution in [0.4, 0.5) is 0 Å². The SMILES string of the molecule is COc1ccccc1OCC(=O)N1CCN([C@H](c2ccccc2)c2cc(C)ccc2C)CC1. The fraction of sp³-hybridized carbons (Fsp3) is 0.321. The zero-order chi connectivity index (χ0) is 23.2. The first-order valence-corrected chi connectivity index (χ1v) is 11.5. The number of benzene rings is 3. The van der Waals surface area contributed by atoms with E-state index < -0.39 is 0 Å². The van der Waals surface area contributed by atoms with Gasteiger partial charge in [0.15, 0.2) is 18.1 Å². The number of rotatable bonds is 7. The normalized spacial score (nSPS) is 15.2. The zero-order valence-corrected chi connectivity index (χ0v) is 19.7. The van der Waals surface area contributed by atoms with Gasteiger partial charge in [-0.2, -0.15) is 0 Å². The molecular formula is C28H32N2O3. The number of carbonyl (C=O) groups is 1. The summed E-state index contributed by atoms with van der Waals surface area (Å²) in [7, 11) is 1.60. The summed E-state index contributed by atoms with van der Waals surface area (Å²) in [6, 6.07) is 24.9. The van der Waals surface area contributed by atoms with Crippen LogP contribution in [-0.2, 0) is 4.79 Å². The van der Waals surface area contributed by atoms with Crippen LogP contribution < -0.4 is 9.47 Å². The summed E-state index contributed by atoms with van der Waals surface area (Å²) in [6.45, 7) is 7.33. The Morgan fingerprint density at radius 1 is 0.879 bits per heavy atom. The maximum atomic E-state index is 12.8. The Labute approximate surface area is 196 Å².